The average Bonchev–Trinajstić information content (AvgIpc) is 3.09. The highest BCUT2D eigenvalue weighted by molar-refractivity contribution is 5.81. The van der Waals surface area contributed by atoms with Crippen LogP contribution in [0.5, 0.6) is 0 Å². The summed E-state index contributed by atoms with van der Waals surface area (Å²) in [6.07, 6.45) is 3.83. The van der Waals surface area contributed by atoms with Gasteiger partial charge in [-0.3, -0.25) is 9.69 Å². The fourth-order valence-corrected chi connectivity index (χ4v) is 4.14. The first kappa shape index (κ1) is 17.1. The highest BCUT2D eigenvalue weighted by Gasteiger charge is 2.43. The van der Waals surface area contributed by atoms with Crippen molar-refractivity contribution < 1.29 is 19.0 Å². The molecule has 1 N–H and O–H groups in total. The summed E-state index contributed by atoms with van der Waals surface area (Å²) in [5.74, 6) is -0.390. The van der Waals surface area contributed by atoms with Crippen LogP contribution >= 0.6 is 0 Å². The van der Waals surface area contributed by atoms with Crippen molar-refractivity contribution in [3.63, 3.8) is 0 Å². The van der Waals surface area contributed by atoms with Crippen LogP contribution < -0.4 is 5.32 Å². The van der Waals surface area contributed by atoms with Crippen LogP contribution in [0.1, 0.15) is 46.5 Å². The second-order valence-electron chi connectivity index (χ2n) is 7.22. The fourth-order valence-electron chi connectivity index (χ4n) is 4.14. The van der Waals surface area contributed by atoms with E-state index in [1.165, 1.54) is 12.8 Å². The molecule has 0 aliphatic carbocycles. The molecule has 23 heavy (non-hydrogen) atoms. The van der Waals surface area contributed by atoms with Crippen LogP contribution in [0.4, 0.5) is 0 Å². The summed E-state index contributed by atoms with van der Waals surface area (Å²) in [6, 6.07) is 0.853. The van der Waals surface area contributed by atoms with Crippen molar-refractivity contribution in [3.05, 3.63) is 0 Å². The third-order valence-corrected chi connectivity index (χ3v) is 5.52. The van der Waals surface area contributed by atoms with Crippen molar-refractivity contribution in [2.75, 3.05) is 26.4 Å². The lowest BCUT2D eigenvalue weighted by atomic mass is 10.1. The molecule has 4 unspecified atom stereocenters. The number of likely N-dealkylation sites (tertiary alicyclic amines) is 1. The van der Waals surface area contributed by atoms with Gasteiger partial charge in [0.05, 0.1) is 25.9 Å². The summed E-state index contributed by atoms with van der Waals surface area (Å²) in [4.78, 5) is 14.8. The van der Waals surface area contributed by atoms with Gasteiger partial charge in [-0.25, -0.2) is 0 Å². The molecule has 0 saturated carbocycles. The molecule has 4 atom stereocenters. The zero-order valence-corrected chi connectivity index (χ0v) is 14.5. The normalized spacial score (nSPS) is 35.5. The maximum Gasteiger partial charge on any atom is 0.237 e. The number of carbonyl (C=O) groups is 1. The molecule has 6 heteroatoms. The Morgan fingerprint density at radius 2 is 1.91 bits per heavy atom. The number of hydrogen-bond donors (Lipinski definition) is 1. The van der Waals surface area contributed by atoms with Crippen molar-refractivity contribution in [3.8, 4) is 0 Å². The molecule has 132 valence electrons. The van der Waals surface area contributed by atoms with E-state index in [1.54, 1.807) is 0 Å². The van der Waals surface area contributed by atoms with Gasteiger partial charge in [-0.1, -0.05) is 0 Å². The third-order valence-electron chi connectivity index (χ3n) is 5.52. The number of hydrogen-bond acceptors (Lipinski definition) is 5. The zero-order valence-electron chi connectivity index (χ0n) is 14.5. The summed E-state index contributed by atoms with van der Waals surface area (Å²) in [5, 5.41) is 3.05. The SMILES string of the molecule is CC1CCC(C)N1C(C)C(=O)NCC1COC2(CCOCC2)O1. The zero-order chi connectivity index (χ0) is 16.4. The molecule has 0 bridgehead atoms. The summed E-state index contributed by atoms with van der Waals surface area (Å²) in [6.45, 7) is 8.83. The lowest BCUT2D eigenvalue weighted by molar-refractivity contribution is -0.210. The molecular formula is C17H30N2O4. The van der Waals surface area contributed by atoms with Crippen LogP contribution in [0, 0.1) is 0 Å². The van der Waals surface area contributed by atoms with Gasteiger partial charge < -0.3 is 19.5 Å². The molecule has 1 amide bonds. The highest BCUT2D eigenvalue weighted by atomic mass is 16.7. The van der Waals surface area contributed by atoms with Crippen LogP contribution in [-0.4, -0.2) is 67.2 Å². The summed E-state index contributed by atoms with van der Waals surface area (Å²) < 4.78 is 17.3. The fraction of sp³-hybridized carbons (Fsp3) is 0.941. The Morgan fingerprint density at radius 3 is 2.57 bits per heavy atom. The molecule has 3 aliphatic rings. The van der Waals surface area contributed by atoms with Gasteiger partial charge >= 0.3 is 0 Å². The number of nitrogens with one attached hydrogen (secondary N) is 1. The van der Waals surface area contributed by atoms with E-state index in [2.05, 4.69) is 24.1 Å². The van der Waals surface area contributed by atoms with Gasteiger partial charge in [0, 0.05) is 31.5 Å². The van der Waals surface area contributed by atoms with Gasteiger partial charge in [-0.15, -0.1) is 0 Å². The Balaban J connectivity index is 1.46. The van der Waals surface area contributed by atoms with Gasteiger partial charge in [-0.2, -0.15) is 0 Å². The lowest BCUT2D eigenvalue weighted by Crippen LogP contribution is -2.50. The average molecular weight is 326 g/mol. The van der Waals surface area contributed by atoms with Crippen molar-refractivity contribution in [1.82, 2.24) is 10.2 Å². The molecule has 0 aromatic heterocycles. The maximum atomic E-state index is 12.5. The Bertz CT molecular complexity index is 415. The molecule has 1 spiro atoms. The Morgan fingerprint density at radius 1 is 1.26 bits per heavy atom. The Labute approximate surface area is 138 Å². The van der Waals surface area contributed by atoms with E-state index in [-0.39, 0.29) is 18.1 Å². The minimum atomic E-state index is -0.475. The number of rotatable bonds is 4. The second-order valence-corrected chi connectivity index (χ2v) is 7.22. The quantitative estimate of drug-likeness (QED) is 0.843. The van der Waals surface area contributed by atoms with Crippen molar-refractivity contribution >= 4 is 5.91 Å². The van der Waals surface area contributed by atoms with E-state index in [0.717, 1.165) is 12.8 Å². The van der Waals surface area contributed by atoms with Gasteiger partial charge in [0.25, 0.3) is 0 Å². The first-order valence-electron chi connectivity index (χ1n) is 8.95. The molecule has 0 aromatic rings. The topological polar surface area (TPSA) is 60.0 Å². The largest absolute Gasteiger partial charge is 0.381 e. The van der Waals surface area contributed by atoms with Crippen LogP contribution in [0.15, 0.2) is 0 Å². The van der Waals surface area contributed by atoms with Gasteiger partial charge in [0.2, 0.25) is 5.91 Å². The number of nitrogens with zero attached hydrogens (tertiary/aromatic N) is 1. The van der Waals surface area contributed by atoms with E-state index in [4.69, 9.17) is 14.2 Å². The summed E-state index contributed by atoms with van der Waals surface area (Å²) in [5.41, 5.74) is 0. The number of carbonyl (C=O) groups excluding carboxylic acids is 1. The smallest absolute Gasteiger partial charge is 0.237 e. The van der Waals surface area contributed by atoms with Gasteiger partial charge in [-0.05, 0) is 33.6 Å². The van der Waals surface area contributed by atoms with Crippen molar-refractivity contribution in [2.45, 2.75) is 76.5 Å². The molecule has 3 fully saturated rings. The van der Waals surface area contributed by atoms with E-state index in [1.807, 2.05) is 6.92 Å². The van der Waals surface area contributed by atoms with Crippen molar-refractivity contribution in [2.24, 2.45) is 0 Å². The van der Waals surface area contributed by atoms with E-state index < -0.39 is 5.79 Å². The molecule has 0 radical (unpaired) electrons. The monoisotopic (exact) mass is 326 g/mol. The molecule has 0 aromatic carbocycles. The third kappa shape index (κ3) is 3.71. The Hall–Kier alpha value is -0.690. The van der Waals surface area contributed by atoms with Gasteiger partial charge in [0.15, 0.2) is 5.79 Å². The standard InChI is InChI=1S/C17H30N2O4/c1-12-4-5-13(2)19(12)14(3)16(20)18-10-15-11-22-17(23-15)6-8-21-9-7-17/h12-15H,4-11H2,1-3H3,(H,18,20). The molecule has 3 aliphatic heterocycles. The maximum absolute atomic E-state index is 12.5. The van der Waals surface area contributed by atoms with Gasteiger partial charge in [0.1, 0.15) is 6.10 Å². The number of amides is 1. The van der Waals surface area contributed by atoms with E-state index in [9.17, 15) is 4.79 Å². The van der Waals surface area contributed by atoms with Crippen molar-refractivity contribution in [1.29, 1.82) is 0 Å². The number of ether oxygens (including phenoxy) is 3. The van der Waals surface area contributed by atoms with E-state index >= 15 is 0 Å². The van der Waals surface area contributed by atoms with Crippen LogP contribution in [0.3, 0.4) is 0 Å². The van der Waals surface area contributed by atoms with Crippen LogP contribution in [0.2, 0.25) is 0 Å². The minimum absolute atomic E-state index is 0.0577. The van der Waals surface area contributed by atoms with Crippen LogP contribution in [-0.2, 0) is 19.0 Å². The Kier molecular flexibility index (Phi) is 5.26. The highest BCUT2D eigenvalue weighted by Crippen LogP contribution is 2.33. The molecule has 3 rings (SSSR count). The first-order valence-corrected chi connectivity index (χ1v) is 8.95. The summed E-state index contributed by atoms with van der Waals surface area (Å²) in [7, 11) is 0. The second kappa shape index (κ2) is 7.05. The van der Waals surface area contributed by atoms with E-state index in [0.29, 0.717) is 38.4 Å². The predicted molar refractivity (Wildman–Crippen MR) is 86.1 cm³/mol. The molecule has 3 saturated heterocycles. The first-order chi connectivity index (χ1) is 11.0. The molecule has 3 heterocycles. The molecular weight excluding hydrogens is 296 g/mol. The summed E-state index contributed by atoms with van der Waals surface area (Å²) >= 11 is 0. The van der Waals surface area contributed by atoms with Crippen LogP contribution in [0.25, 0.3) is 0 Å². The minimum Gasteiger partial charge on any atom is -0.381 e. The predicted octanol–water partition coefficient (Wildman–Crippen LogP) is 1.29. The molecule has 6 nitrogen and oxygen atoms in total. The lowest BCUT2D eigenvalue weighted by Gasteiger charge is -2.32.